The summed E-state index contributed by atoms with van der Waals surface area (Å²) in [6, 6.07) is 13.8. The van der Waals surface area contributed by atoms with Crippen LogP contribution in [0.3, 0.4) is 0 Å². The fraction of sp³-hybridized carbons (Fsp3) is 0.200. The molecule has 0 amide bonds. The van der Waals surface area contributed by atoms with E-state index in [1.165, 1.54) is 35.8 Å². The molecule has 0 aliphatic heterocycles. The predicted octanol–water partition coefficient (Wildman–Crippen LogP) is 7.36. The summed E-state index contributed by atoms with van der Waals surface area (Å²) in [5.74, 6) is 0.396. The Balaban J connectivity index is 1.77. The van der Waals surface area contributed by atoms with Gasteiger partial charge in [0.1, 0.15) is 17.3 Å². The lowest BCUT2D eigenvalue weighted by Crippen LogP contribution is -2.15. The number of benzene rings is 3. The van der Waals surface area contributed by atoms with Gasteiger partial charge in [0.05, 0.1) is 10.6 Å². The lowest BCUT2D eigenvalue weighted by molar-refractivity contribution is -0.141. The molecule has 5 rings (SSSR count). The van der Waals surface area contributed by atoms with Gasteiger partial charge in [0.25, 0.3) is 0 Å². The molecule has 0 aliphatic rings. The Morgan fingerprint density at radius 1 is 0.909 bits per heavy atom. The number of nitrogens with two attached hydrogens (primary N) is 1. The highest BCUT2D eigenvalue weighted by Gasteiger charge is 2.35. The molecule has 0 bridgehead atoms. The van der Waals surface area contributed by atoms with Crippen molar-refractivity contribution in [2.75, 3.05) is 0 Å². The summed E-state index contributed by atoms with van der Waals surface area (Å²) in [4.78, 5) is 8.19. The molecule has 0 aliphatic carbocycles. The molecular formula is C30H25F5N4O4S. The number of halogens is 5. The van der Waals surface area contributed by atoms with E-state index in [2.05, 4.69) is 14.7 Å². The number of rotatable bonds is 7. The zero-order valence-electron chi connectivity index (χ0n) is 23.7. The molecule has 44 heavy (non-hydrogen) atoms. The van der Waals surface area contributed by atoms with Crippen molar-refractivity contribution in [3.8, 4) is 45.1 Å². The average molecular weight is 633 g/mol. The molecule has 0 unspecified atom stereocenters. The zero-order chi connectivity index (χ0) is 32.1. The van der Waals surface area contributed by atoms with Gasteiger partial charge in [-0.05, 0) is 79.4 Å². The van der Waals surface area contributed by atoms with E-state index in [0.717, 1.165) is 6.20 Å². The number of nitrogens with zero attached hydrogens (tertiary/aromatic N) is 3. The molecule has 14 heteroatoms. The third-order valence-corrected chi connectivity index (χ3v) is 8.16. The molecule has 0 atom stereocenters. The monoisotopic (exact) mass is 632 g/mol. The van der Waals surface area contributed by atoms with Gasteiger partial charge in [-0.3, -0.25) is 0 Å². The van der Waals surface area contributed by atoms with Gasteiger partial charge in [-0.2, -0.15) is 22.0 Å². The lowest BCUT2D eigenvalue weighted by atomic mass is 9.94. The Morgan fingerprint density at radius 3 is 2.16 bits per heavy atom. The second-order valence-corrected chi connectivity index (χ2v) is 11.5. The van der Waals surface area contributed by atoms with Gasteiger partial charge in [-0.1, -0.05) is 18.2 Å². The van der Waals surface area contributed by atoms with Gasteiger partial charge in [-0.25, -0.2) is 23.5 Å². The number of alkyl halides is 5. The number of ether oxygens (including phenoxy) is 1. The summed E-state index contributed by atoms with van der Waals surface area (Å²) in [6.45, 7) is 3.21. The van der Waals surface area contributed by atoms with Gasteiger partial charge in [0.2, 0.25) is 10.0 Å². The Hall–Kier alpha value is -4.56. The highest BCUT2D eigenvalue weighted by atomic mass is 32.2. The van der Waals surface area contributed by atoms with E-state index in [4.69, 9.17) is 9.56 Å². The highest BCUT2D eigenvalue weighted by Crippen LogP contribution is 2.41. The maximum Gasteiger partial charge on any atom is 0.434 e. The summed E-state index contributed by atoms with van der Waals surface area (Å²) in [7, 11) is -4.08. The number of aromatic nitrogens is 3. The third-order valence-electron chi connectivity index (χ3n) is 6.96. The molecule has 0 fully saturated rings. The summed E-state index contributed by atoms with van der Waals surface area (Å²) in [5, 5.41) is 5.50. The smallest absolute Gasteiger partial charge is 0.434 e. The summed E-state index contributed by atoms with van der Waals surface area (Å²) in [6.07, 6.45) is -3.83. The first kappa shape index (κ1) is 30.9. The summed E-state index contributed by atoms with van der Waals surface area (Å²) in [5.41, 5.74) is 2.05. The first-order valence-corrected chi connectivity index (χ1v) is 14.5. The van der Waals surface area contributed by atoms with E-state index in [9.17, 15) is 30.4 Å². The number of imidazole rings is 1. The molecule has 2 heterocycles. The van der Waals surface area contributed by atoms with Crippen molar-refractivity contribution in [3.63, 3.8) is 0 Å². The largest absolute Gasteiger partial charge is 0.440 e. The van der Waals surface area contributed by atoms with Crippen LogP contribution in [0.5, 0.6) is 5.75 Å². The van der Waals surface area contributed by atoms with Gasteiger partial charge in [0.15, 0.2) is 17.3 Å². The number of aryl methyl sites for hydroxylation is 3. The summed E-state index contributed by atoms with van der Waals surface area (Å²) < 4.78 is 103. The SMILES string of the molecule is Cc1nc(-c2cc(-c3ccc(C)c(S(N)(=O)=O)c3C)ccc2-n2cc(C(F)(F)F)nc2C)c(-c2ccc(OC(F)F)cc2)o1. The van der Waals surface area contributed by atoms with Crippen LogP contribution in [0, 0.1) is 27.7 Å². The van der Waals surface area contributed by atoms with E-state index in [1.807, 2.05) is 0 Å². The van der Waals surface area contributed by atoms with E-state index in [1.54, 1.807) is 51.1 Å². The van der Waals surface area contributed by atoms with E-state index >= 15 is 0 Å². The Bertz CT molecular complexity index is 1980. The van der Waals surface area contributed by atoms with Crippen LogP contribution in [0.25, 0.3) is 39.4 Å². The van der Waals surface area contributed by atoms with Crippen LogP contribution in [-0.2, 0) is 16.2 Å². The lowest BCUT2D eigenvalue weighted by Gasteiger charge is -2.17. The first-order chi connectivity index (χ1) is 20.5. The number of hydrogen-bond donors (Lipinski definition) is 1. The third kappa shape index (κ3) is 5.95. The minimum absolute atomic E-state index is 0.0371. The first-order valence-electron chi connectivity index (χ1n) is 13.0. The van der Waals surface area contributed by atoms with Gasteiger partial charge in [0, 0.05) is 24.2 Å². The van der Waals surface area contributed by atoms with E-state index in [-0.39, 0.29) is 39.5 Å². The second kappa shape index (κ2) is 11.2. The summed E-state index contributed by atoms with van der Waals surface area (Å²) >= 11 is 0. The predicted molar refractivity (Wildman–Crippen MR) is 152 cm³/mol. The number of primary sulfonamides is 1. The Labute approximate surface area is 249 Å². The van der Waals surface area contributed by atoms with Crippen LogP contribution in [0.15, 0.2) is 70.1 Å². The minimum atomic E-state index is -4.70. The second-order valence-electron chi connectivity index (χ2n) is 10.0. The molecule has 8 nitrogen and oxygen atoms in total. The van der Waals surface area contributed by atoms with Gasteiger partial charge in [-0.15, -0.1) is 0 Å². The minimum Gasteiger partial charge on any atom is -0.440 e. The quantitative estimate of drug-likeness (QED) is 0.188. The van der Waals surface area contributed by atoms with Crippen LogP contribution in [0.1, 0.15) is 28.5 Å². The van der Waals surface area contributed by atoms with Crippen LogP contribution in [0.2, 0.25) is 0 Å². The Morgan fingerprint density at radius 2 is 1.57 bits per heavy atom. The molecule has 3 aromatic carbocycles. The van der Waals surface area contributed by atoms with Crippen LogP contribution >= 0.6 is 0 Å². The fourth-order valence-electron chi connectivity index (χ4n) is 5.13. The van der Waals surface area contributed by atoms with E-state index in [0.29, 0.717) is 33.4 Å². The fourth-order valence-corrected chi connectivity index (χ4v) is 6.18. The van der Waals surface area contributed by atoms with Crippen molar-refractivity contribution in [1.29, 1.82) is 0 Å². The normalized spacial score (nSPS) is 12.2. The van der Waals surface area contributed by atoms with E-state index < -0.39 is 28.5 Å². The van der Waals surface area contributed by atoms with Gasteiger partial charge >= 0.3 is 12.8 Å². The van der Waals surface area contributed by atoms with Crippen molar-refractivity contribution in [3.05, 3.63) is 89.3 Å². The van der Waals surface area contributed by atoms with Crippen LogP contribution < -0.4 is 9.88 Å². The van der Waals surface area contributed by atoms with Gasteiger partial charge < -0.3 is 13.7 Å². The Kier molecular flexibility index (Phi) is 7.84. The van der Waals surface area contributed by atoms with Crippen LogP contribution in [0.4, 0.5) is 22.0 Å². The molecule has 2 N–H and O–H groups in total. The maximum atomic E-state index is 13.6. The maximum absolute atomic E-state index is 13.6. The molecule has 0 saturated carbocycles. The number of oxazole rings is 1. The standard InChI is InChI=1S/C30H25F5N4O4S/c1-15-5-11-22(16(2)28(15)44(36,40)41)20-8-12-24(39-14-25(30(33,34)35)37-17(39)3)23(13-20)26-27(42-18(4)38-26)19-6-9-21(10-7-19)43-29(31)32/h5-14,29H,1-4H3,(H2,36,40,41). The molecular weight excluding hydrogens is 607 g/mol. The number of sulfonamides is 1. The van der Waals surface area contributed by atoms with Crippen molar-refractivity contribution < 1.29 is 39.5 Å². The highest BCUT2D eigenvalue weighted by molar-refractivity contribution is 7.89. The molecule has 0 radical (unpaired) electrons. The van der Waals surface area contributed by atoms with Crippen molar-refractivity contribution in [2.45, 2.75) is 45.4 Å². The number of hydrogen-bond acceptors (Lipinski definition) is 6. The van der Waals surface area contributed by atoms with Crippen LogP contribution in [-0.4, -0.2) is 29.6 Å². The molecule has 0 spiro atoms. The zero-order valence-corrected chi connectivity index (χ0v) is 24.5. The molecule has 5 aromatic rings. The average Bonchev–Trinajstić information content (AvgIpc) is 3.50. The molecule has 2 aromatic heterocycles. The molecule has 0 saturated heterocycles. The van der Waals surface area contributed by atoms with Crippen molar-refractivity contribution in [1.82, 2.24) is 14.5 Å². The van der Waals surface area contributed by atoms with Crippen molar-refractivity contribution in [2.24, 2.45) is 5.14 Å². The topological polar surface area (TPSA) is 113 Å². The van der Waals surface area contributed by atoms with Crippen molar-refractivity contribution >= 4 is 10.0 Å². The molecule has 230 valence electrons.